The lowest BCUT2D eigenvalue weighted by atomic mass is 10.3. The predicted octanol–water partition coefficient (Wildman–Crippen LogP) is -0.415. The van der Waals surface area contributed by atoms with E-state index in [1.165, 1.54) is 23.4 Å². The number of likely N-dealkylation sites (tertiary alicyclic amines) is 1. The molecule has 3 aromatic heterocycles. The highest BCUT2D eigenvalue weighted by Gasteiger charge is 2.27. The van der Waals surface area contributed by atoms with E-state index in [2.05, 4.69) is 20.2 Å². The van der Waals surface area contributed by atoms with Crippen molar-refractivity contribution in [1.82, 2.24) is 39.0 Å². The molecule has 0 aliphatic carbocycles. The first-order valence-electron chi connectivity index (χ1n) is 8.12. The Balaban J connectivity index is 1.41. The Morgan fingerprint density at radius 1 is 1.32 bits per heavy atom. The van der Waals surface area contributed by atoms with Gasteiger partial charge in [0.2, 0.25) is 5.91 Å². The second-order valence-corrected chi connectivity index (χ2v) is 6.16. The molecule has 25 heavy (non-hydrogen) atoms. The average molecular weight is 342 g/mol. The van der Waals surface area contributed by atoms with Crippen LogP contribution in [0.3, 0.4) is 0 Å². The first-order valence-corrected chi connectivity index (χ1v) is 8.12. The number of hydrogen-bond donors (Lipinski definition) is 0. The second-order valence-electron chi connectivity index (χ2n) is 6.16. The lowest BCUT2D eigenvalue weighted by Gasteiger charge is -2.16. The second kappa shape index (κ2) is 6.11. The molecule has 1 amide bonds. The normalized spacial score (nSPS) is 17.5. The van der Waals surface area contributed by atoms with Crippen molar-refractivity contribution in [1.29, 1.82) is 0 Å². The minimum absolute atomic E-state index is 0.0285. The monoisotopic (exact) mass is 342 g/mol. The fraction of sp³-hybridized carbons (Fsp3) is 0.467. The lowest BCUT2D eigenvalue weighted by Crippen LogP contribution is -2.31. The minimum atomic E-state index is -0.173. The van der Waals surface area contributed by atoms with E-state index in [0.29, 0.717) is 30.7 Å². The Labute approximate surface area is 142 Å². The molecule has 130 valence electrons. The highest BCUT2D eigenvalue weighted by Crippen LogP contribution is 2.20. The van der Waals surface area contributed by atoms with Gasteiger partial charge in [0.15, 0.2) is 5.65 Å². The van der Waals surface area contributed by atoms with Gasteiger partial charge >= 0.3 is 0 Å². The third-order valence-electron chi connectivity index (χ3n) is 4.61. The van der Waals surface area contributed by atoms with Crippen LogP contribution in [0, 0.1) is 0 Å². The highest BCUT2D eigenvalue weighted by atomic mass is 16.2. The Kier molecular flexibility index (Phi) is 3.79. The molecule has 4 heterocycles. The number of rotatable bonds is 4. The van der Waals surface area contributed by atoms with E-state index in [4.69, 9.17) is 0 Å². The van der Waals surface area contributed by atoms with Gasteiger partial charge in [-0.25, -0.2) is 14.6 Å². The minimum Gasteiger partial charge on any atom is -0.340 e. The first kappa shape index (κ1) is 15.5. The molecule has 1 unspecified atom stereocenters. The van der Waals surface area contributed by atoms with Crippen LogP contribution in [0.4, 0.5) is 0 Å². The van der Waals surface area contributed by atoms with Crippen LogP contribution in [-0.2, 0) is 18.4 Å². The molecule has 1 saturated heterocycles. The zero-order chi connectivity index (χ0) is 17.4. The molecule has 0 aromatic carbocycles. The van der Waals surface area contributed by atoms with E-state index < -0.39 is 0 Å². The molecule has 1 fully saturated rings. The summed E-state index contributed by atoms with van der Waals surface area (Å²) in [4.78, 5) is 34.9. The molecule has 1 aliphatic rings. The Bertz CT molecular complexity index is 958. The number of carbonyl (C=O) groups excluding carboxylic acids is 1. The SMILES string of the molecule is Cn1ncc2c(=O)n(CCC(=O)N3CCC(n4cncn4)C3)cnc21. The fourth-order valence-electron chi connectivity index (χ4n) is 3.19. The van der Waals surface area contributed by atoms with Gasteiger partial charge in [0.1, 0.15) is 18.0 Å². The molecular formula is C15H18N8O2. The number of aromatic nitrogens is 7. The molecule has 0 bridgehead atoms. The lowest BCUT2D eigenvalue weighted by molar-refractivity contribution is -0.130. The molecule has 0 spiro atoms. The van der Waals surface area contributed by atoms with Crippen LogP contribution < -0.4 is 5.56 Å². The highest BCUT2D eigenvalue weighted by molar-refractivity contribution is 5.76. The van der Waals surface area contributed by atoms with Gasteiger partial charge in [-0.1, -0.05) is 0 Å². The summed E-state index contributed by atoms with van der Waals surface area (Å²) in [5.41, 5.74) is 0.371. The molecule has 0 saturated carbocycles. The summed E-state index contributed by atoms with van der Waals surface area (Å²) in [6.07, 6.45) is 7.27. The summed E-state index contributed by atoms with van der Waals surface area (Å²) in [6.45, 7) is 1.62. The van der Waals surface area contributed by atoms with E-state index in [9.17, 15) is 9.59 Å². The molecule has 0 N–H and O–H groups in total. The average Bonchev–Trinajstić information content (AvgIpc) is 3.35. The molecular weight excluding hydrogens is 324 g/mol. The van der Waals surface area contributed by atoms with Crippen LogP contribution in [0.2, 0.25) is 0 Å². The van der Waals surface area contributed by atoms with Crippen LogP contribution in [0.25, 0.3) is 11.0 Å². The molecule has 0 radical (unpaired) electrons. The van der Waals surface area contributed by atoms with Crippen molar-refractivity contribution in [3.63, 3.8) is 0 Å². The quantitative estimate of drug-likeness (QED) is 0.638. The van der Waals surface area contributed by atoms with Crippen LogP contribution >= 0.6 is 0 Å². The Morgan fingerprint density at radius 2 is 2.20 bits per heavy atom. The summed E-state index contributed by atoms with van der Waals surface area (Å²) in [6, 6.07) is 0.169. The topological polar surface area (TPSA) is 104 Å². The summed E-state index contributed by atoms with van der Waals surface area (Å²) >= 11 is 0. The van der Waals surface area contributed by atoms with Gasteiger partial charge in [-0.15, -0.1) is 0 Å². The van der Waals surface area contributed by atoms with E-state index >= 15 is 0 Å². The zero-order valence-corrected chi connectivity index (χ0v) is 13.8. The zero-order valence-electron chi connectivity index (χ0n) is 13.8. The van der Waals surface area contributed by atoms with Gasteiger partial charge in [-0.2, -0.15) is 10.2 Å². The molecule has 1 atom stereocenters. The third kappa shape index (κ3) is 2.79. The van der Waals surface area contributed by atoms with Crippen molar-refractivity contribution in [2.45, 2.75) is 25.4 Å². The van der Waals surface area contributed by atoms with E-state index in [0.717, 1.165) is 6.42 Å². The van der Waals surface area contributed by atoms with Gasteiger partial charge in [0.25, 0.3) is 5.56 Å². The van der Waals surface area contributed by atoms with Crippen molar-refractivity contribution in [3.8, 4) is 0 Å². The summed E-state index contributed by atoms with van der Waals surface area (Å²) in [7, 11) is 1.74. The van der Waals surface area contributed by atoms with Gasteiger partial charge < -0.3 is 4.90 Å². The number of amides is 1. The molecule has 3 aromatic rings. The maximum absolute atomic E-state index is 12.4. The maximum Gasteiger partial charge on any atom is 0.264 e. The molecule has 4 rings (SSSR count). The summed E-state index contributed by atoms with van der Waals surface area (Å²) in [5.74, 6) is 0.0285. The predicted molar refractivity (Wildman–Crippen MR) is 87.6 cm³/mol. The van der Waals surface area contributed by atoms with Gasteiger partial charge in [0.05, 0.1) is 18.6 Å². The van der Waals surface area contributed by atoms with Crippen molar-refractivity contribution in [3.05, 3.63) is 35.5 Å². The van der Waals surface area contributed by atoms with Crippen LogP contribution in [0.5, 0.6) is 0 Å². The summed E-state index contributed by atoms with van der Waals surface area (Å²) in [5, 5.41) is 8.64. The molecule has 10 nitrogen and oxygen atoms in total. The summed E-state index contributed by atoms with van der Waals surface area (Å²) < 4.78 is 4.81. The largest absolute Gasteiger partial charge is 0.340 e. The Morgan fingerprint density at radius 3 is 3.00 bits per heavy atom. The number of fused-ring (bicyclic) bond motifs is 1. The Hall–Kier alpha value is -3.04. The van der Waals surface area contributed by atoms with Crippen LogP contribution in [0.1, 0.15) is 18.9 Å². The molecule has 1 aliphatic heterocycles. The smallest absolute Gasteiger partial charge is 0.264 e. The number of nitrogens with zero attached hydrogens (tertiary/aromatic N) is 8. The standard InChI is InChI=1S/C15H18N8O2/c1-20-14-12(6-18-20)15(25)22(10-17-14)5-3-13(24)21-4-2-11(7-21)23-9-16-8-19-23/h6,8-11H,2-5,7H2,1H3. The third-order valence-corrected chi connectivity index (χ3v) is 4.61. The number of aryl methyl sites for hydroxylation is 2. The van der Waals surface area contributed by atoms with Gasteiger partial charge in [0, 0.05) is 33.1 Å². The van der Waals surface area contributed by atoms with E-state index in [-0.39, 0.29) is 23.9 Å². The van der Waals surface area contributed by atoms with Gasteiger partial charge in [-0.05, 0) is 6.42 Å². The van der Waals surface area contributed by atoms with Crippen molar-refractivity contribution in [2.24, 2.45) is 7.05 Å². The maximum atomic E-state index is 12.4. The van der Waals surface area contributed by atoms with Gasteiger partial charge in [-0.3, -0.25) is 18.8 Å². The number of carbonyl (C=O) groups is 1. The van der Waals surface area contributed by atoms with E-state index in [1.807, 2.05) is 4.90 Å². The first-order chi connectivity index (χ1) is 12.1. The van der Waals surface area contributed by atoms with Crippen LogP contribution in [0.15, 0.2) is 30.0 Å². The fourth-order valence-corrected chi connectivity index (χ4v) is 3.19. The number of hydrogen-bond acceptors (Lipinski definition) is 6. The van der Waals surface area contributed by atoms with Crippen LogP contribution in [-0.4, -0.2) is 58.0 Å². The van der Waals surface area contributed by atoms with Crippen molar-refractivity contribution >= 4 is 16.9 Å². The van der Waals surface area contributed by atoms with E-state index in [1.54, 1.807) is 22.7 Å². The van der Waals surface area contributed by atoms with Crippen molar-refractivity contribution in [2.75, 3.05) is 13.1 Å². The molecule has 10 heteroatoms. The van der Waals surface area contributed by atoms with Crippen molar-refractivity contribution < 1.29 is 4.79 Å².